The highest BCUT2D eigenvalue weighted by Gasteiger charge is 2.14. The van der Waals surface area contributed by atoms with Gasteiger partial charge in [-0.15, -0.1) is 0 Å². The third-order valence-electron chi connectivity index (χ3n) is 5.74. The van der Waals surface area contributed by atoms with E-state index in [-0.39, 0.29) is 0 Å². The van der Waals surface area contributed by atoms with Crippen molar-refractivity contribution in [3.8, 4) is 34.0 Å². The number of nitrogens with one attached hydrogen (secondary N) is 1. The molecule has 0 fully saturated rings. The number of rotatable bonds is 7. The normalized spacial score (nSPS) is 10.9. The molecule has 2 aromatic heterocycles. The first kappa shape index (κ1) is 21.5. The van der Waals surface area contributed by atoms with Crippen LogP contribution in [-0.2, 0) is 6.54 Å². The van der Waals surface area contributed by atoms with Crippen LogP contribution in [-0.4, -0.2) is 28.8 Å². The molecular weight excluding hydrogens is 424 g/mol. The van der Waals surface area contributed by atoms with Gasteiger partial charge in [0.2, 0.25) is 0 Å². The lowest BCUT2D eigenvalue weighted by Crippen LogP contribution is -2.06. The molecule has 2 heterocycles. The molecule has 0 spiro atoms. The fraction of sp³-hybridized carbons (Fsp3) is 0.143. The summed E-state index contributed by atoms with van der Waals surface area (Å²) in [5, 5.41) is 8.43. The predicted octanol–water partition coefficient (Wildman–Crippen LogP) is 6.00. The van der Waals surface area contributed by atoms with Crippen LogP contribution in [0.1, 0.15) is 11.1 Å². The van der Waals surface area contributed by atoms with Crippen LogP contribution >= 0.6 is 0 Å². The molecule has 0 aliphatic rings. The second-order valence-electron chi connectivity index (χ2n) is 8.13. The summed E-state index contributed by atoms with van der Waals surface area (Å²) in [5.41, 5.74) is 6.81. The highest BCUT2D eigenvalue weighted by molar-refractivity contribution is 5.72. The number of benzene rings is 3. The van der Waals surface area contributed by atoms with Gasteiger partial charge >= 0.3 is 0 Å². The summed E-state index contributed by atoms with van der Waals surface area (Å²) in [5.74, 6) is 2.29. The quantitative estimate of drug-likeness (QED) is 0.329. The topological polar surface area (TPSA) is 60.7 Å². The average molecular weight is 451 g/mol. The standard InChI is InChI=1S/C28H26N4O2/c1-19-9-11-20(12-10-19)18-29-27-16-25(21-7-5-4-6-8-21)30-28-17-26(31-32(27)28)22-13-23(33-2)15-24(14-22)34-3/h4-17,29H,18H2,1-3H3. The SMILES string of the molecule is COc1cc(OC)cc(-c2cc3nc(-c4ccccc4)cc(NCc4ccc(C)cc4)n3n2)c1. The second kappa shape index (κ2) is 9.27. The molecule has 0 amide bonds. The number of ether oxygens (including phenoxy) is 2. The molecule has 5 rings (SSSR count). The van der Waals surface area contributed by atoms with E-state index in [0.29, 0.717) is 18.0 Å². The Bertz CT molecular complexity index is 1400. The van der Waals surface area contributed by atoms with Gasteiger partial charge < -0.3 is 14.8 Å². The van der Waals surface area contributed by atoms with E-state index >= 15 is 0 Å². The van der Waals surface area contributed by atoms with Crippen molar-refractivity contribution in [3.05, 3.63) is 96.1 Å². The van der Waals surface area contributed by atoms with E-state index in [0.717, 1.165) is 34.0 Å². The molecule has 0 bridgehead atoms. The van der Waals surface area contributed by atoms with E-state index in [4.69, 9.17) is 19.6 Å². The van der Waals surface area contributed by atoms with Gasteiger partial charge in [-0.25, -0.2) is 4.98 Å². The third kappa shape index (κ3) is 4.43. The molecule has 0 saturated heterocycles. The largest absolute Gasteiger partial charge is 0.497 e. The van der Waals surface area contributed by atoms with Crippen molar-refractivity contribution in [2.75, 3.05) is 19.5 Å². The molecular formula is C28H26N4O2. The van der Waals surface area contributed by atoms with Gasteiger partial charge in [0.25, 0.3) is 0 Å². The van der Waals surface area contributed by atoms with E-state index in [2.05, 4.69) is 48.6 Å². The molecule has 0 aliphatic carbocycles. The maximum absolute atomic E-state index is 5.45. The number of nitrogens with zero attached hydrogens (tertiary/aromatic N) is 3. The second-order valence-corrected chi connectivity index (χ2v) is 8.13. The zero-order valence-electron chi connectivity index (χ0n) is 19.4. The lowest BCUT2D eigenvalue weighted by molar-refractivity contribution is 0.394. The van der Waals surface area contributed by atoms with E-state index < -0.39 is 0 Å². The van der Waals surface area contributed by atoms with Crippen LogP contribution in [0.2, 0.25) is 0 Å². The van der Waals surface area contributed by atoms with Crippen LogP contribution in [0.5, 0.6) is 11.5 Å². The van der Waals surface area contributed by atoms with Gasteiger partial charge in [0.05, 0.1) is 25.6 Å². The molecule has 0 atom stereocenters. The summed E-state index contributed by atoms with van der Waals surface area (Å²) < 4.78 is 12.7. The number of hydrogen-bond donors (Lipinski definition) is 1. The van der Waals surface area contributed by atoms with Crippen molar-refractivity contribution in [1.82, 2.24) is 14.6 Å². The molecule has 6 nitrogen and oxygen atoms in total. The summed E-state index contributed by atoms with van der Waals surface area (Å²) in [6.45, 7) is 2.77. The van der Waals surface area contributed by atoms with Gasteiger partial charge in [0.1, 0.15) is 17.3 Å². The Hall–Kier alpha value is -4.32. The van der Waals surface area contributed by atoms with Crippen LogP contribution in [0.25, 0.3) is 28.2 Å². The molecule has 3 aromatic carbocycles. The summed E-state index contributed by atoms with van der Waals surface area (Å²) in [6.07, 6.45) is 0. The number of aryl methyl sites for hydroxylation is 1. The highest BCUT2D eigenvalue weighted by atomic mass is 16.5. The molecule has 1 N–H and O–H groups in total. The Labute approximate surface area is 198 Å². The first-order valence-corrected chi connectivity index (χ1v) is 11.1. The monoisotopic (exact) mass is 450 g/mol. The van der Waals surface area contributed by atoms with Crippen molar-refractivity contribution >= 4 is 11.5 Å². The van der Waals surface area contributed by atoms with Crippen molar-refractivity contribution in [3.63, 3.8) is 0 Å². The zero-order valence-corrected chi connectivity index (χ0v) is 19.4. The average Bonchev–Trinajstić information content (AvgIpc) is 3.33. The van der Waals surface area contributed by atoms with E-state index in [1.54, 1.807) is 14.2 Å². The number of methoxy groups -OCH3 is 2. The van der Waals surface area contributed by atoms with E-state index in [1.807, 2.05) is 53.0 Å². The van der Waals surface area contributed by atoms with Crippen LogP contribution in [0.3, 0.4) is 0 Å². The smallest absolute Gasteiger partial charge is 0.158 e. The maximum Gasteiger partial charge on any atom is 0.158 e. The summed E-state index contributed by atoms with van der Waals surface area (Å²) in [7, 11) is 3.28. The van der Waals surface area contributed by atoms with Crippen LogP contribution in [0, 0.1) is 6.92 Å². The van der Waals surface area contributed by atoms with Gasteiger partial charge in [0.15, 0.2) is 5.65 Å². The number of anilines is 1. The first-order chi connectivity index (χ1) is 16.6. The molecule has 0 saturated carbocycles. The molecule has 5 aromatic rings. The Morgan fingerprint density at radius 3 is 2.15 bits per heavy atom. The van der Waals surface area contributed by atoms with Gasteiger partial charge in [0, 0.05) is 35.9 Å². The van der Waals surface area contributed by atoms with Gasteiger partial charge in [-0.2, -0.15) is 9.61 Å². The Balaban J connectivity index is 1.60. The predicted molar refractivity (Wildman–Crippen MR) is 135 cm³/mol. The van der Waals surface area contributed by atoms with Crippen molar-refractivity contribution in [2.45, 2.75) is 13.5 Å². The van der Waals surface area contributed by atoms with Crippen molar-refractivity contribution < 1.29 is 9.47 Å². The number of hydrogen-bond acceptors (Lipinski definition) is 5. The lowest BCUT2D eigenvalue weighted by Gasteiger charge is -2.11. The van der Waals surface area contributed by atoms with Gasteiger partial charge in [-0.1, -0.05) is 60.2 Å². The van der Waals surface area contributed by atoms with Crippen LogP contribution < -0.4 is 14.8 Å². The zero-order chi connectivity index (χ0) is 23.5. The number of aromatic nitrogens is 3. The molecule has 0 aliphatic heterocycles. The maximum atomic E-state index is 5.45. The minimum Gasteiger partial charge on any atom is -0.497 e. The summed E-state index contributed by atoms with van der Waals surface area (Å²) >= 11 is 0. The highest BCUT2D eigenvalue weighted by Crippen LogP contribution is 2.31. The van der Waals surface area contributed by atoms with Crippen molar-refractivity contribution in [1.29, 1.82) is 0 Å². The number of fused-ring (bicyclic) bond motifs is 1. The summed E-state index contributed by atoms with van der Waals surface area (Å²) in [4.78, 5) is 4.90. The molecule has 170 valence electrons. The van der Waals surface area contributed by atoms with Crippen molar-refractivity contribution in [2.24, 2.45) is 0 Å². The fourth-order valence-electron chi connectivity index (χ4n) is 3.85. The minimum atomic E-state index is 0.676. The van der Waals surface area contributed by atoms with Gasteiger partial charge in [-0.3, -0.25) is 0 Å². The van der Waals surface area contributed by atoms with E-state index in [1.165, 1.54) is 11.1 Å². The molecule has 0 radical (unpaired) electrons. The molecule has 0 unspecified atom stereocenters. The molecule has 6 heteroatoms. The van der Waals surface area contributed by atoms with Crippen LogP contribution in [0.4, 0.5) is 5.82 Å². The lowest BCUT2D eigenvalue weighted by atomic mass is 10.1. The van der Waals surface area contributed by atoms with Crippen LogP contribution in [0.15, 0.2) is 84.9 Å². The van der Waals surface area contributed by atoms with E-state index in [9.17, 15) is 0 Å². The minimum absolute atomic E-state index is 0.676. The Morgan fingerprint density at radius 1 is 0.765 bits per heavy atom. The first-order valence-electron chi connectivity index (χ1n) is 11.1. The van der Waals surface area contributed by atoms with Gasteiger partial charge in [-0.05, 0) is 24.6 Å². The Kier molecular flexibility index (Phi) is 5.87. The molecule has 34 heavy (non-hydrogen) atoms. The summed E-state index contributed by atoms with van der Waals surface area (Å²) in [6, 6.07) is 28.4. The third-order valence-corrected chi connectivity index (χ3v) is 5.74. The Morgan fingerprint density at radius 2 is 1.47 bits per heavy atom. The fourth-order valence-corrected chi connectivity index (χ4v) is 3.85.